The first-order valence-corrected chi connectivity index (χ1v) is 7.47. The van der Waals surface area contributed by atoms with E-state index >= 15 is 0 Å². The van der Waals surface area contributed by atoms with Crippen LogP contribution in [0.1, 0.15) is 56.7 Å². The number of nitrogens with one attached hydrogen (secondary N) is 1. The topological polar surface area (TPSA) is 12.0 Å². The molecule has 0 aliphatic heterocycles. The summed E-state index contributed by atoms with van der Waals surface area (Å²) in [5, 5.41) is 3.65. The summed E-state index contributed by atoms with van der Waals surface area (Å²) >= 11 is 3.59. The molecule has 0 heterocycles. The van der Waals surface area contributed by atoms with Gasteiger partial charge >= 0.3 is 0 Å². The van der Waals surface area contributed by atoms with Crippen molar-refractivity contribution in [3.8, 4) is 0 Å². The van der Waals surface area contributed by atoms with Gasteiger partial charge in [0.05, 0.1) is 0 Å². The fraction of sp³-hybridized carbons (Fsp3) is 0.600. The van der Waals surface area contributed by atoms with Crippen molar-refractivity contribution >= 4 is 15.9 Å². The molecule has 1 N–H and O–H groups in total. The number of benzene rings is 1. The minimum atomic E-state index is 0.506. The Morgan fingerprint density at radius 1 is 1.18 bits per heavy atom. The van der Waals surface area contributed by atoms with Crippen molar-refractivity contribution in [3.05, 3.63) is 33.8 Å². The molecule has 0 aliphatic carbocycles. The van der Waals surface area contributed by atoms with Crippen molar-refractivity contribution < 1.29 is 0 Å². The van der Waals surface area contributed by atoms with Gasteiger partial charge in [0.2, 0.25) is 0 Å². The molecule has 1 nitrogen and oxygen atoms in total. The Morgan fingerprint density at radius 2 is 1.94 bits per heavy atom. The van der Waals surface area contributed by atoms with Crippen LogP contribution in [-0.2, 0) is 0 Å². The van der Waals surface area contributed by atoms with Crippen LogP contribution < -0.4 is 5.32 Å². The van der Waals surface area contributed by atoms with Gasteiger partial charge in [0.1, 0.15) is 0 Å². The Kier molecular flexibility index (Phi) is 6.83. The Morgan fingerprint density at radius 3 is 2.53 bits per heavy atom. The minimum absolute atomic E-state index is 0.506. The zero-order chi connectivity index (χ0) is 12.7. The summed E-state index contributed by atoms with van der Waals surface area (Å²) in [6.07, 6.45) is 4.96. The molecule has 0 saturated heterocycles. The third-order valence-corrected chi connectivity index (χ3v) is 3.41. The molecule has 96 valence electrons. The molecular formula is C15H24BrN. The Balaban J connectivity index is 2.78. The number of hydrogen-bond acceptors (Lipinski definition) is 1. The predicted molar refractivity (Wildman–Crippen MR) is 79.4 cm³/mol. The second kappa shape index (κ2) is 7.88. The molecule has 0 radical (unpaired) electrons. The SMILES string of the molecule is CCCCC(NCCC)c1cc(C)cc(Br)c1. The lowest BCUT2D eigenvalue weighted by molar-refractivity contribution is 0.481. The second-order valence-electron chi connectivity index (χ2n) is 4.71. The zero-order valence-corrected chi connectivity index (χ0v) is 12.8. The average Bonchev–Trinajstić information content (AvgIpc) is 2.28. The van der Waals surface area contributed by atoms with Crippen LogP contribution in [0.2, 0.25) is 0 Å². The summed E-state index contributed by atoms with van der Waals surface area (Å²) in [6.45, 7) is 7.73. The highest BCUT2D eigenvalue weighted by atomic mass is 79.9. The highest BCUT2D eigenvalue weighted by molar-refractivity contribution is 9.10. The van der Waals surface area contributed by atoms with Crippen molar-refractivity contribution in [1.29, 1.82) is 0 Å². The maximum absolute atomic E-state index is 3.65. The Labute approximate surface area is 114 Å². The Bertz CT molecular complexity index is 307. The van der Waals surface area contributed by atoms with Crippen molar-refractivity contribution in [1.82, 2.24) is 5.32 Å². The maximum Gasteiger partial charge on any atom is 0.0320 e. The number of hydrogen-bond donors (Lipinski definition) is 1. The first kappa shape index (κ1) is 14.7. The van der Waals surface area contributed by atoms with Crippen molar-refractivity contribution in [2.45, 2.75) is 52.5 Å². The lowest BCUT2D eigenvalue weighted by Gasteiger charge is -2.19. The van der Waals surface area contributed by atoms with Gasteiger partial charge in [0.25, 0.3) is 0 Å². The van der Waals surface area contributed by atoms with E-state index in [1.807, 2.05) is 0 Å². The fourth-order valence-electron chi connectivity index (χ4n) is 2.08. The van der Waals surface area contributed by atoms with Crippen LogP contribution in [0.25, 0.3) is 0 Å². The molecule has 1 atom stereocenters. The van der Waals surface area contributed by atoms with E-state index in [4.69, 9.17) is 0 Å². The summed E-state index contributed by atoms with van der Waals surface area (Å²) < 4.78 is 1.19. The number of rotatable bonds is 7. The molecule has 0 saturated carbocycles. The number of aryl methyl sites for hydroxylation is 1. The first-order valence-electron chi connectivity index (χ1n) is 6.67. The van der Waals surface area contributed by atoms with Gasteiger partial charge in [-0.3, -0.25) is 0 Å². The molecule has 0 bridgehead atoms. The smallest absolute Gasteiger partial charge is 0.0320 e. The van der Waals surface area contributed by atoms with Crippen molar-refractivity contribution in [2.24, 2.45) is 0 Å². The maximum atomic E-state index is 3.65. The van der Waals surface area contributed by atoms with Crippen molar-refractivity contribution in [2.75, 3.05) is 6.54 Å². The Hall–Kier alpha value is -0.340. The van der Waals surface area contributed by atoms with Gasteiger partial charge in [-0.05, 0) is 49.6 Å². The van der Waals surface area contributed by atoms with Crippen LogP contribution in [0.4, 0.5) is 0 Å². The highest BCUT2D eigenvalue weighted by Gasteiger charge is 2.10. The molecule has 1 aromatic rings. The molecular weight excluding hydrogens is 274 g/mol. The van der Waals surface area contributed by atoms with Gasteiger partial charge < -0.3 is 5.32 Å². The quantitative estimate of drug-likeness (QED) is 0.748. The number of halogens is 1. The summed E-state index contributed by atoms with van der Waals surface area (Å²) in [4.78, 5) is 0. The lowest BCUT2D eigenvalue weighted by atomic mass is 9.99. The van der Waals surface area contributed by atoms with Gasteiger partial charge in [-0.25, -0.2) is 0 Å². The second-order valence-corrected chi connectivity index (χ2v) is 5.63. The molecule has 0 amide bonds. The summed E-state index contributed by atoms with van der Waals surface area (Å²) in [5.74, 6) is 0. The van der Waals surface area contributed by atoms with Crippen molar-refractivity contribution in [3.63, 3.8) is 0 Å². The van der Waals surface area contributed by atoms with Gasteiger partial charge in [-0.15, -0.1) is 0 Å². The molecule has 0 spiro atoms. The van der Waals surface area contributed by atoms with Gasteiger partial charge in [-0.2, -0.15) is 0 Å². The normalized spacial score (nSPS) is 12.7. The molecule has 17 heavy (non-hydrogen) atoms. The van der Waals surface area contributed by atoms with E-state index in [0.29, 0.717) is 6.04 Å². The fourth-order valence-corrected chi connectivity index (χ4v) is 2.70. The van der Waals surface area contributed by atoms with E-state index in [1.54, 1.807) is 0 Å². The van der Waals surface area contributed by atoms with Gasteiger partial charge in [0, 0.05) is 10.5 Å². The molecule has 1 rings (SSSR count). The minimum Gasteiger partial charge on any atom is -0.310 e. The number of unbranched alkanes of at least 4 members (excludes halogenated alkanes) is 1. The van der Waals surface area contributed by atoms with E-state index in [-0.39, 0.29) is 0 Å². The van der Waals surface area contributed by atoms with E-state index in [9.17, 15) is 0 Å². The average molecular weight is 298 g/mol. The van der Waals surface area contributed by atoms with E-state index in [2.05, 4.69) is 60.2 Å². The predicted octanol–water partition coefficient (Wildman–Crippen LogP) is 4.99. The highest BCUT2D eigenvalue weighted by Crippen LogP contribution is 2.24. The standard InChI is InChI=1S/C15H24BrN/c1-4-6-7-15(17-8-5-2)13-9-12(3)10-14(16)11-13/h9-11,15,17H,4-8H2,1-3H3. The van der Waals surface area contributed by atoms with E-state index < -0.39 is 0 Å². The van der Waals surface area contributed by atoms with Crippen LogP contribution in [0.3, 0.4) is 0 Å². The molecule has 2 heteroatoms. The molecule has 0 fully saturated rings. The van der Waals surface area contributed by atoms with Crippen LogP contribution in [0.15, 0.2) is 22.7 Å². The van der Waals surface area contributed by atoms with Crippen LogP contribution >= 0.6 is 15.9 Å². The van der Waals surface area contributed by atoms with Crippen LogP contribution in [0, 0.1) is 6.92 Å². The zero-order valence-electron chi connectivity index (χ0n) is 11.2. The summed E-state index contributed by atoms with van der Waals surface area (Å²) in [5.41, 5.74) is 2.74. The summed E-state index contributed by atoms with van der Waals surface area (Å²) in [6, 6.07) is 7.22. The van der Waals surface area contributed by atoms with Gasteiger partial charge in [0.15, 0.2) is 0 Å². The van der Waals surface area contributed by atoms with Gasteiger partial charge in [-0.1, -0.05) is 48.7 Å². The molecule has 0 aliphatic rings. The van der Waals surface area contributed by atoms with E-state index in [0.717, 1.165) is 6.54 Å². The largest absolute Gasteiger partial charge is 0.310 e. The van der Waals surface area contributed by atoms with Crippen LogP contribution in [0.5, 0.6) is 0 Å². The molecule has 1 unspecified atom stereocenters. The van der Waals surface area contributed by atoms with Crippen LogP contribution in [-0.4, -0.2) is 6.54 Å². The monoisotopic (exact) mass is 297 g/mol. The van der Waals surface area contributed by atoms with E-state index in [1.165, 1.54) is 41.3 Å². The summed E-state index contributed by atoms with van der Waals surface area (Å²) in [7, 11) is 0. The third kappa shape index (κ3) is 5.22. The molecule has 0 aromatic heterocycles. The third-order valence-electron chi connectivity index (χ3n) is 2.95. The first-order chi connectivity index (χ1) is 8.17. The molecule has 1 aromatic carbocycles. The lowest BCUT2D eigenvalue weighted by Crippen LogP contribution is -2.22.